The number of Topliss-reactive ketones (excluding diaryl/α,β-unsaturated/α-hetero) is 1. The van der Waals surface area contributed by atoms with Crippen LogP contribution in [0.15, 0.2) is 42.6 Å². The van der Waals surface area contributed by atoms with E-state index in [1.165, 1.54) is 7.11 Å². The minimum Gasteiger partial charge on any atom is -0.490 e. The second kappa shape index (κ2) is 7.58. The first kappa shape index (κ1) is 19.0. The van der Waals surface area contributed by atoms with E-state index in [1.807, 2.05) is 37.3 Å². The number of ether oxygens (including phenoxy) is 3. The third kappa shape index (κ3) is 3.22. The fourth-order valence-corrected chi connectivity index (χ4v) is 3.88. The summed E-state index contributed by atoms with van der Waals surface area (Å²) in [7, 11) is 1.32. The molecule has 0 unspecified atom stereocenters. The molecular formula is C22H22N2O5. The van der Waals surface area contributed by atoms with Gasteiger partial charge in [-0.15, -0.1) is 0 Å². The zero-order chi connectivity index (χ0) is 20.5. The molecular weight excluding hydrogens is 372 g/mol. The van der Waals surface area contributed by atoms with Gasteiger partial charge in [0, 0.05) is 24.1 Å². The number of benzene rings is 1. The Morgan fingerprint density at radius 2 is 2.00 bits per heavy atom. The smallest absolute Gasteiger partial charge is 0.347 e. The topological polar surface area (TPSA) is 79.1 Å². The molecule has 0 saturated carbocycles. The highest BCUT2D eigenvalue weighted by atomic mass is 16.6. The number of para-hydroxylation sites is 1. The molecule has 0 radical (unpaired) electrons. The number of rotatable bonds is 6. The Morgan fingerprint density at radius 1 is 1.21 bits per heavy atom. The molecule has 7 nitrogen and oxygen atoms in total. The Hall–Kier alpha value is -3.35. The van der Waals surface area contributed by atoms with Gasteiger partial charge in [0.15, 0.2) is 17.2 Å². The van der Waals surface area contributed by atoms with Gasteiger partial charge >= 0.3 is 5.97 Å². The first-order chi connectivity index (χ1) is 14.0. The van der Waals surface area contributed by atoms with E-state index in [4.69, 9.17) is 14.2 Å². The molecule has 0 fully saturated rings. The highest BCUT2D eigenvalue weighted by Gasteiger charge is 2.41. The molecule has 29 heavy (non-hydrogen) atoms. The molecule has 0 N–H and O–H groups in total. The van der Waals surface area contributed by atoms with Crippen LogP contribution >= 0.6 is 0 Å². The van der Waals surface area contributed by atoms with Crippen LogP contribution in [-0.2, 0) is 9.53 Å². The Morgan fingerprint density at radius 3 is 2.76 bits per heavy atom. The molecule has 1 aliphatic rings. The van der Waals surface area contributed by atoms with Crippen LogP contribution in [0.2, 0.25) is 0 Å². The quantitative estimate of drug-likeness (QED) is 0.471. The third-order valence-corrected chi connectivity index (χ3v) is 5.13. The lowest BCUT2D eigenvalue weighted by Gasteiger charge is -2.16. The number of nitrogens with zero attached hydrogens (tertiary/aromatic N) is 2. The minimum atomic E-state index is -0.847. The number of ketones is 1. The van der Waals surface area contributed by atoms with Crippen molar-refractivity contribution in [2.24, 2.45) is 0 Å². The van der Waals surface area contributed by atoms with Gasteiger partial charge in [0.1, 0.15) is 11.4 Å². The van der Waals surface area contributed by atoms with Crippen LogP contribution < -0.4 is 9.47 Å². The molecule has 0 spiro atoms. The maximum absolute atomic E-state index is 13.3. The first-order valence-electron chi connectivity index (χ1n) is 9.52. The average Bonchev–Trinajstić information content (AvgIpc) is 3.25. The average molecular weight is 394 g/mol. The van der Waals surface area contributed by atoms with Crippen molar-refractivity contribution in [3.63, 3.8) is 0 Å². The van der Waals surface area contributed by atoms with Crippen molar-refractivity contribution < 1.29 is 23.8 Å². The van der Waals surface area contributed by atoms with Crippen molar-refractivity contribution in [1.29, 1.82) is 0 Å². The van der Waals surface area contributed by atoms with E-state index >= 15 is 0 Å². The van der Waals surface area contributed by atoms with Crippen LogP contribution in [0.5, 0.6) is 11.5 Å². The maximum Gasteiger partial charge on any atom is 0.347 e. The van der Waals surface area contributed by atoms with Gasteiger partial charge in [-0.1, -0.05) is 18.2 Å². The van der Waals surface area contributed by atoms with Crippen LogP contribution in [0, 0.1) is 6.92 Å². The van der Waals surface area contributed by atoms with E-state index in [9.17, 15) is 9.59 Å². The lowest BCUT2D eigenvalue weighted by atomic mass is 9.89. The van der Waals surface area contributed by atoms with Gasteiger partial charge in [-0.3, -0.25) is 9.20 Å². The van der Waals surface area contributed by atoms with Crippen molar-refractivity contribution in [2.45, 2.75) is 32.3 Å². The SMILES string of the molecule is CCOc1cccn2c(C(=O)C[C@@H]3c4ccccc4O[C@@H]3C(=O)OC)c(C)nc12. The Bertz CT molecular complexity index is 1090. The second-order valence-electron chi connectivity index (χ2n) is 6.88. The molecule has 0 saturated heterocycles. The molecule has 0 aliphatic carbocycles. The number of aromatic nitrogens is 2. The third-order valence-electron chi connectivity index (χ3n) is 5.13. The van der Waals surface area contributed by atoms with Gasteiger partial charge in [-0.05, 0) is 32.0 Å². The highest BCUT2D eigenvalue weighted by molar-refractivity contribution is 5.98. The van der Waals surface area contributed by atoms with Crippen LogP contribution in [0.25, 0.3) is 5.65 Å². The largest absolute Gasteiger partial charge is 0.490 e. The van der Waals surface area contributed by atoms with Crippen molar-refractivity contribution >= 4 is 17.4 Å². The number of hydrogen-bond donors (Lipinski definition) is 0. The van der Waals surface area contributed by atoms with Crippen molar-refractivity contribution in [3.05, 3.63) is 59.5 Å². The molecule has 7 heteroatoms. The molecule has 3 heterocycles. The number of imidazole rings is 1. The van der Waals surface area contributed by atoms with Crippen molar-refractivity contribution in [2.75, 3.05) is 13.7 Å². The van der Waals surface area contributed by atoms with Gasteiger partial charge < -0.3 is 14.2 Å². The van der Waals surface area contributed by atoms with Crippen molar-refractivity contribution in [3.8, 4) is 11.5 Å². The number of carbonyl (C=O) groups is 2. The molecule has 2 atom stereocenters. The van der Waals surface area contributed by atoms with Gasteiger partial charge in [0.05, 0.1) is 19.4 Å². The van der Waals surface area contributed by atoms with E-state index in [2.05, 4.69) is 4.98 Å². The molecule has 0 bridgehead atoms. The summed E-state index contributed by atoms with van der Waals surface area (Å²) in [6.07, 6.45) is 1.05. The van der Waals surface area contributed by atoms with E-state index < -0.39 is 18.0 Å². The Labute approximate surface area is 168 Å². The van der Waals surface area contributed by atoms with Gasteiger partial charge in [0.25, 0.3) is 0 Å². The van der Waals surface area contributed by atoms with E-state index in [0.717, 1.165) is 5.56 Å². The van der Waals surface area contributed by atoms with Gasteiger partial charge in [0.2, 0.25) is 6.10 Å². The summed E-state index contributed by atoms with van der Waals surface area (Å²) in [5, 5.41) is 0. The summed E-state index contributed by atoms with van der Waals surface area (Å²) >= 11 is 0. The maximum atomic E-state index is 13.3. The summed E-state index contributed by atoms with van der Waals surface area (Å²) in [4.78, 5) is 30.1. The molecule has 0 amide bonds. The lowest BCUT2D eigenvalue weighted by Crippen LogP contribution is -2.31. The highest BCUT2D eigenvalue weighted by Crippen LogP contribution is 2.41. The summed E-state index contributed by atoms with van der Waals surface area (Å²) < 4.78 is 18.1. The Kier molecular flexibility index (Phi) is 4.96. The van der Waals surface area contributed by atoms with Crippen LogP contribution in [0.4, 0.5) is 0 Å². The second-order valence-corrected chi connectivity index (χ2v) is 6.88. The van der Waals surface area contributed by atoms with Crippen LogP contribution in [0.3, 0.4) is 0 Å². The summed E-state index contributed by atoms with van der Waals surface area (Å²) in [5.41, 5.74) is 2.53. The number of carbonyl (C=O) groups excluding carboxylic acids is 2. The zero-order valence-corrected chi connectivity index (χ0v) is 16.5. The predicted octanol–water partition coefficient (Wildman–Crippen LogP) is 3.33. The first-order valence-corrected chi connectivity index (χ1v) is 9.52. The molecule has 2 aromatic heterocycles. The molecule has 1 aromatic carbocycles. The van der Waals surface area contributed by atoms with E-state index in [-0.39, 0.29) is 12.2 Å². The van der Waals surface area contributed by atoms with Gasteiger partial charge in [-0.25, -0.2) is 9.78 Å². The van der Waals surface area contributed by atoms with Crippen molar-refractivity contribution in [1.82, 2.24) is 9.38 Å². The summed E-state index contributed by atoms with van der Waals surface area (Å²) in [6.45, 7) is 4.20. The summed E-state index contributed by atoms with van der Waals surface area (Å²) in [5.74, 6) is 0.190. The normalized spacial score (nSPS) is 17.6. The molecule has 150 valence electrons. The minimum absolute atomic E-state index is 0.101. The Balaban J connectivity index is 1.71. The van der Waals surface area contributed by atoms with Gasteiger partial charge in [-0.2, -0.15) is 0 Å². The number of hydrogen-bond acceptors (Lipinski definition) is 6. The fraction of sp³-hybridized carbons (Fsp3) is 0.318. The number of aryl methyl sites for hydroxylation is 1. The van der Waals surface area contributed by atoms with Crippen LogP contribution in [-0.4, -0.2) is 41.0 Å². The molecule has 1 aliphatic heterocycles. The van der Waals surface area contributed by atoms with E-state index in [1.54, 1.807) is 23.6 Å². The number of methoxy groups -OCH3 is 1. The fourth-order valence-electron chi connectivity index (χ4n) is 3.88. The molecule has 3 aromatic rings. The summed E-state index contributed by atoms with van der Waals surface area (Å²) in [6, 6.07) is 11.0. The van der Waals surface area contributed by atoms with E-state index in [0.29, 0.717) is 35.1 Å². The zero-order valence-electron chi connectivity index (χ0n) is 16.5. The predicted molar refractivity (Wildman–Crippen MR) is 106 cm³/mol. The number of pyridine rings is 1. The number of esters is 1. The standard InChI is InChI=1S/C22H22N2O5/c1-4-28-18-10-7-11-24-19(13(2)23-21(18)24)16(25)12-15-14-8-5-6-9-17(14)29-20(15)22(26)27-3/h5-11,15,20H,4,12H2,1-3H3/t15-,20+/m1/s1. The van der Waals surface area contributed by atoms with Crippen LogP contribution in [0.1, 0.15) is 41.0 Å². The lowest BCUT2D eigenvalue weighted by molar-refractivity contribution is -0.148. The molecule has 4 rings (SSSR count). The monoisotopic (exact) mass is 394 g/mol. The number of fused-ring (bicyclic) bond motifs is 2.